The molecule has 0 fully saturated rings. The summed E-state index contributed by atoms with van der Waals surface area (Å²) in [4.78, 5) is 21.3. The molecule has 0 aromatic heterocycles. The minimum atomic E-state index is -1.28. The quantitative estimate of drug-likeness (QED) is 0.684. The van der Waals surface area contributed by atoms with Gasteiger partial charge in [0, 0.05) is 12.1 Å². The molecule has 0 aliphatic rings. The largest absolute Gasteiger partial charge is 0.478 e. The monoisotopic (exact) mass is 287 g/mol. The van der Waals surface area contributed by atoms with Crippen LogP contribution in [0.15, 0.2) is 36.4 Å². The highest BCUT2D eigenvalue weighted by Crippen LogP contribution is 2.31. The molecular formula is C15H13NO5. The highest BCUT2D eigenvalue weighted by molar-refractivity contribution is 5.91. The van der Waals surface area contributed by atoms with E-state index in [-0.39, 0.29) is 17.0 Å². The molecule has 0 atom stereocenters. The molecule has 0 radical (unpaired) electrons. The number of aryl methyl sites for hydroxylation is 1. The van der Waals surface area contributed by atoms with Gasteiger partial charge in [-0.2, -0.15) is 0 Å². The van der Waals surface area contributed by atoms with Gasteiger partial charge in [-0.1, -0.05) is 12.1 Å². The van der Waals surface area contributed by atoms with Gasteiger partial charge in [0.15, 0.2) is 0 Å². The van der Waals surface area contributed by atoms with E-state index in [2.05, 4.69) is 0 Å². The second-order valence-electron chi connectivity index (χ2n) is 4.54. The van der Waals surface area contributed by atoms with E-state index in [4.69, 9.17) is 4.74 Å². The number of nitro benzene ring substituents is 1. The van der Waals surface area contributed by atoms with Crippen molar-refractivity contribution in [1.29, 1.82) is 0 Å². The summed E-state index contributed by atoms with van der Waals surface area (Å²) in [5, 5.41) is 19.9. The Kier molecular flexibility index (Phi) is 3.89. The normalized spacial score (nSPS) is 10.2. The third kappa shape index (κ3) is 3.00. The van der Waals surface area contributed by atoms with Gasteiger partial charge in [-0.05, 0) is 37.1 Å². The number of rotatable bonds is 4. The minimum Gasteiger partial charge on any atom is -0.478 e. The van der Waals surface area contributed by atoms with Crippen LogP contribution in [0.1, 0.15) is 21.5 Å². The highest BCUT2D eigenvalue weighted by Gasteiger charge is 2.18. The molecule has 2 rings (SSSR count). The van der Waals surface area contributed by atoms with Gasteiger partial charge < -0.3 is 9.84 Å². The number of non-ortho nitro benzene ring substituents is 1. The Morgan fingerprint density at radius 2 is 1.90 bits per heavy atom. The van der Waals surface area contributed by atoms with Crippen LogP contribution in [-0.2, 0) is 0 Å². The molecule has 0 saturated heterocycles. The van der Waals surface area contributed by atoms with Crippen LogP contribution < -0.4 is 4.74 Å². The Labute approximate surface area is 120 Å². The van der Waals surface area contributed by atoms with Gasteiger partial charge in [0.05, 0.1) is 4.92 Å². The van der Waals surface area contributed by atoms with E-state index >= 15 is 0 Å². The molecule has 0 spiro atoms. The van der Waals surface area contributed by atoms with Crippen molar-refractivity contribution < 1.29 is 19.6 Å². The third-order valence-corrected chi connectivity index (χ3v) is 3.18. The molecule has 21 heavy (non-hydrogen) atoms. The smallest absolute Gasteiger partial charge is 0.339 e. The van der Waals surface area contributed by atoms with Crippen LogP contribution in [-0.4, -0.2) is 16.0 Å². The van der Waals surface area contributed by atoms with Crippen LogP contribution in [0.25, 0.3) is 0 Å². The first kappa shape index (κ1) is 14.5. The first-order chi connectivity index (χ1) is 9.90. The average Bonchev–Trinajstić information content (AvgIpc) is 2.43. The molecule has 6 heteroatoms. The lowest BCUT2D eigenvalue weighted by atomic mass is 10.1. The van der Waals surface area contributed by atoms with E-state index in [0.29, 0.717) is 5.75 Å². The lowest BCUT2D eigenvalue weighted by Crippen LogP contribution is -2.02. The van der Waals surface area contributed by atoms with Gasteiger partial charge in [0.25, 0.3) is 5.69 Å². The number of ether oxygens (including phenoxy) is 1. The Bertz CT molecular complexity index is 724. The van der Waals surface area contributed by atoms with Crippen molar-refractivity contribution in [3.05, 3.63) is 63.2 Å². The van der Waals surface area contributed by atoms with Crippen molar-refractivity contribution in [1.82, 2.24) is 0 Å². The zero-order valence-corrected chi connectivity index (χ0v) is 11.5. The van der Waals surface area contributed by atoms with Gasteiger partial charge in [0.1, 0.15) is 17.1 Å². The lowest BCUT2D eigenvalue weighted by molar-refractivity contribution is -0.384. The number of carboxylic acid groups (broad SMARTS) is 1. The molecule has 0 amide bonds. The van der Waals surface area contributed by atoms with Crippen molar-refractivity contribution in [3.8, 4) is 11.5 Å². The molecule has 0 heterocycles. The Hall–Kier alpha value is -2.89. The van der Waals surface area contributed by atoms with Crippen molar-refractivity contribution >= 4 is 11.7 Å². The van der Waals surface area contributed by atoms with E-state index in [0.717, 1.165) is 17.2 Å². The van der Waals surface area contributed by atoms with Crippen LogP contribution in [0, 0.1) is 24.0 Å². The minimum absolute atomic E-state index is 0.0711. The standard InChI is InChI=1S/C15H13NO5/c1-9-4-3-5-13(10(9)2)21-14-7-6-11(16(19)20)8-12(14)15(17)18/h3-8H,1-2H3,(H,17,18). The summed E-state index contributed by atoms with van der Waals surface area (Å²) >= 11 is 0. The molecule has 108 valence electrons. The van der Waals surface area contributed by atoms with Gasteiger partial charge in [-0.25, -0.2) is 4.79 Å². The van der Waals surface area contributed by atoms with Crippen molar-refractivity contribution in [2.45, 2.75) is 13.8 Å². The predicted octanol–water partition coefficient (Wildman–Crippen LogP) is 3.70. The predicted molar refractivity (Wildman–Crippen MR) is 76.0 cm³/mol. The number of nitro groups is 1. The molecule has 0 bridgehead atoms. The maximum Gasteiger partial charge on any atom is 0.339 e. The zero-order chi connectivity index (χ0) is 15.6. The molecule has 2 aromatic carbocycles. The van der Waals surface area contributed by atoms with Gasteiger partial charge in [-0.3, -0.25) is 10.1 Å². The second kappa shape index (κ2) is 5.62. The summed E-state index contributed by atoms with van der Waals surface area (Å²) in [6.45, 7) is 3.77. The van der Waals surface area contributed by atoms with E-state index < -0.39 is 10.9 Å². The molecule has 2 aromatic rings. The number of aromatic carboxylic acids is 1. The topological polar surface area (TPSA) is 89.7 Å². The molecule has 0 saturated carbocycles. The Morgan fingerprint density at radius 3 is 2.52 bits per heavy atom. The first-order valence-corrected chi connectivity index (χ1v) is 6.16. The molecule has 0 aliphatic carbocycles. The number of hydrogen-bond acceptors (Lipinski definition) is 4. The van der Waals surface area contributed by atoms with E-state index in [9.17, 15) is 20.0 Å². The summed E-state index contributed by atoms with van der Waals surface area (Å²) in [5.41, 5.74) is 1.35. The van der Waals surface area contributed by atoms with Gasteiger partial charge in [-0.15, -0.1) is 0 Å². The van der Waals surface area contributed by atoms with Gasteiger partial charge >= 0.3 is 5.97 Å². The summed E-state index contributed by atoms with van der Waals surface area (Å²) in [6.07, 6.45) is 0. The third-order valence-electron chi connectivity index (χ3n) is 3.18. The van der Waals surface area contributed by atoms with Gasteiger partial charge in [0.2, 0.25) is 0 Å². The van der Waals surface area contributed by atoms with Crippen molar-refractivity contribution in [3.63, 3.8) is 0 Å². The van der Waals surface area contributed by atoms with Crippen LogP contribution in [0.3, 0.4) is 0 Å². The molecule has 1 N–H and O–H groups in total. The van der Waals surface area contributed by atoms with Crippen LogP contribution >= 0.6 is 0 Å². The molecule has 0 aliphatic heterocycles. The molecular weight excluding hydrogens is 274 g/mol. The Balaban J connectivity index is 2.46. The summed E-state index contributed by atoms with van der Waals surface area (Å²) in [7, 11) is 0. The SMILES string of the molecule is Cc1cccc(Oc2ccc([N+](=O)[O-])cc2C(=O)O)c1C. The second-order valence-corrected chi connectivity index (χ2v) is 4.54. The fourth-order valence-electron chi connectivity index (χ4n) is 1.84. The van der Waals surface area contributed by atoms with Crippen LogP contribution in [0.2, 0.25) is 0 Å². The summed E-state index contributed by atoms with van der Waals surface area (Å²) < 4.78 is 5.61. The number of nitrogens with zero attached hydrogens (tertiary/aromatic N) is 1. The maximum atomic E-state index is 11.2. The number of carbonyl (C=O) groups is 1. The average molecular weight is 287 g/mol. The van der Waals surface area contributed by atoms with E-state index in [1.54, 1.807) is 12.1 Å². The lowest BCUT2D eigenvalue weighted by Gasteiger charge is -2.12. The number of hydrogen-bond donors (Lipinski definition) is 1. The molecule has 0 unspecified atom stereocenters. The van der Waals surface area contributed by atoms with Crippen molar-refractivity contribution in [2.24, 2.45) is 0 Å². The maximum absolute atomic E-state index is 11.2. The highest BCUT2D eigenvalue weighted by atomic mass is 16.6. The fourth-order valence-corrected chi connectivity index (χ4v) is 1.84. The number of benzene rings is 2. The number of carboxylic acids is 1. The zero-order valence-electron chi connectivity index (χ0n) is 11.5. The van der Waals surface area contributed by atoms with Crippen LogP contribution in [0.4, 0.5) is 5.69 Å². The summed E-state index contributed by atoms with van der Waals surface area (Å²) in [5.74, 6) is -0.688. The van der Waals surface area contributed by atoms with Crippen molar-refractivity contribution in [2.75, 3.05) is 0 Å². The fraction of sp³-hybridized carbons (Fsp3) is 0.133. The van der Waals surface area contributed by atoms with Crippen LogP contribution in [0.5, 0.6) is 11.5 Å². The van der Waals surface area contributed by atoms with E-state index in [1.807, 2.05) is 19.9 Å². The summed E-state index contributed by atoms with van der Waals surface area (Å²) in [6, 6.07) is 8.92. The molecule has 6 nitrogen and oxygen atoms in total. The first-order valence-electron chi connectivity index (χ1n) is 6.16. The Morgan fingerprint density at radius 1 is 1.19 bits per heavy atom. The van der Waals surface area contributed by atoms with E-state index in [1.165, 1.54) is 12.1 Å².